The maximum atomic E-state index is 14.4. The lowest BCUT2D eigenvalue weighted by atomic mass is 9.89. The van der Waals surface area contributed by atoms with Gasteiger partial charge in [0.25, 0.3) is 5.91 Å². The largest absolute Gasteiger partial charge is 0.444 e. The molecule has 0 bridgehead atoms. The molecule has 0 aliphatic carbocycles. The number of primary amides is 1. The molecule has 3 heterocycles. The average molecular weight is 689 g/mol. The molecule has 0 radical (unpaired) electrons. The Morgan fingerprint density at radius 1 is 1.00 bits per heavy atom. The summed E-state index contributed by atoms with van der Waals surface area (Å²) in [7, 11) is 0. The Hall–Kier alpha value is -5.41. The monoisotopic (exact) mass is 688 g/mol. The molecular formula is C33H30F6N6O4. The predicted octanol–water partition coefficient (Wildman–Crippen LogP) is 5.68. The molecule has 2 aromatic heterocycles. The van der Waals surface area contributed by atoms with Gasteiger partial charge in [-0.15, -0.1) is 0 Å². The van der Waals surface area contributed by atoms with Crippen molar-refractivity contribution in [1.29, 1.82) is 0 Å². The quantitative estimate of drug-likeness (QED) is 0.229. The Morgan fingerprint density at radius 2 is 1.69 bits per heavy atom. The lowest BCUT2D eigenvalue weighted by Gasteiger charge is -2.24. The van der Waals surface area contributed by atoms with Crippen molar-refractivity contribution in [2.45, 2.75) is 58.1 Å². The topological polar surface area (TPSA) is 132 Å². The lowest BCUT2D eigenvalue weighted by molar-refractivity contribution is -0.145. The summed E-state index contributed by atoms with van der Waals surface area (Å²) in [6.07, 6.45) is -4.39. The van der Waals surface area contributed by atoms with Crippen molar-refractivity contribution in [3.63, 3.8) is 0 Å². The first-order chi connectivity index (χ1) is 22.9. The number of nitrogens with two attached hydrogens (primary N) is 1. The van der Waals surface area contributed by atoms with E-state index in [1.807, 2.05) is 0 Å². The van der Waals surface area contributed by atoms with Gasteiger partial charge in [-0.3, -0.25) is 24.2 Å². The van der Waals surface area contributed by atoms with E-state index in [2.05, 4.69) is 15.4 Å². The first-order valence-electron chi connectivity index (χ1n) is 14.8. The number of ether oxygens (including phenoxy) is 1. The van der Waals surface area contributed by atoms with Crippen molar-refractivity contribution in [3.05, 3.63) is 106 Å². The predicted molar refractivity (Wildman–Crippen MR) is 162 cm³/mol. The number of amides is 3. The second-order valence-corrected chi connectivity index (χ2v) is 12.3. The number of carbonyl (C=O) groups excluding carboxylic acids is 3. The number of carbonyl (C=O) groups is 3. The third kappa shape index (κ3) is 7.84. The molecule has 1 atom stereocenters. The molecule has 0 spiro atoms. The highest BCUT2D eigenvalue weighted by Crippen LogP contribution is 2.38. The number of nitrogens with zero attached hydrogens (tertiary/aromatic N) is 4. The molecule has 1 aliphatic heterocycles. The van der Waals surface area contributed by atoms with Crippen LogP contribution in [0, 0.1) is 17.5 Å². The number of alkyl halides is 3. The fourth-order valence-corrected chi connectivity index (χ4v) is 5.53. The van der Waals surface area contributed by atoms with Gasteiger partial charge in [-0.2, -0.15) is 18.3 Å². The van der Waals surface area contributed by atoms with Crippen molar-refractivity contribution in [1.82, 2.24) is 25.0 Å². The molecule has 1 unspecified atom stereocenters. The number of halogens is 6. The summed E-state index contributed by atoms with van der Waals surface area (Å²) in [5.41, 5.74) is 3.21. The summed E-state index contributed by atoms with van der Waals surface area (Å²) in [4.78, 5) is 42.9. The smallest absolute Gasteiger partial charge is 0.433 e. The Morgan fingerprint density at radius 3 is 2.33 bits per heavy atom. The molecular weight excluding hydrogens is 658 g/mol. The number of nitrogens with one attached hydrogen (secondary N) is 1. The normalized spacial score (nSPS) is 13.6. The number of fused-ring (bicyclic) bond motifs is 1. The molecule has 2 aromatic carbocycles. The molecule has 5 rings (SSSR count). The van der Waals surface area contributed by atoms with Crippen LogP contribution >= 0.6 is 0 Å². The van der Waals surface area contributed by atoms with Gasteiger partial charge in [0, 0.05) is 35.9 Å². The fourth-order valence-electron chi connectivity index (χ4n) is 5.53. The Labute approximate surface area is 275 Å². The minimum Gasteiger partial charge on any atom is -0.444 e. The van der Waals surface area contributed by atoms with Crippen LogP contribution in [0.4, 0.5) is 31.1 Å². The molecule has 1 aliphatic rings. The van der Waals surface area contributed by atoms with Crippen LogP contribution in [-0.4, -0.2) is 49.7 Å². The molecule has 4 aromatic rings. The first-order valence-corrected chi connectivity index (χ1v) is 14.8. The highest BCUT2D eigenvalue weighted by molar-refractivity contribution is 5.94. The van der Waals surface area contributed by atoms with Crippen molar-refractivity contribution < 1.29 is 45.5 Å². The van der Waals surface area contributed by atoms with E-state index < -0.39 is 83.9 Å². The van der Waals surface area contributed by atoms with Gasteiger partial charge in [-0.05, 0) is 62.2 Å². The van der Waals surface area contributed by atoms with Crippen molar-refractivity contribution in [2.75, 3.05) is 6.54 Å². The summed E-state index contributed by atoms with van der Waals surface area (Å²) in [5.74, 6) is -5.81. The van der Waals surface area contributed by atoms with Gasteiger partial charge < -0.3 is 15.8 Å². The number of rotatable bonds is 8. The summed E-state index contributed by atoms with van der Waals surface area (Å²) in [6, 6.07) is 9.25. The molecule has 258 valence electrons. The highest BCUT2D eigenvalue weighted by Gasteiger charge is 2.44. The average Bonchev–Trinajstić information content (AvgIpc) is 3.54. The number of hydrogen-bond acceptors (Lipinski definition) is 6. The van der Waals surface area contributed by atoms with Crippen LogP contribution in [0.2, 0.25) is 0 Å². The maximum Gasteiger partial charge on any atom is 0.433 e. The van der Waals surface area contributed by atoms with Gasteiger partial charge in [0.2, 0.25) is 5.91 Å². The van der Waals surface area contributed by atoms with Crippen LogP contribution in [0.1, 0.15) is 65.3 Å². The minimum absolute atomic E-state index is 0.0197. The third-order valence-corrected chi connectivity index (χ3v) is 7.54. The molecule has 0 fully saturated rings. The second-order valence-electron chi connectivity index (χ2n) is 12.3. The number of aromatic nitrogens is 3. The second kappa shape index (κ2) is 13.2. The Bertz CT molecular complexity index is 1920. The van der Waals surface area contributed by atoms with Crippen LogP contribution in [0.25, 0.3) is 11.1 Å². The molecule has 3 amide bonds. The summed E-state index contributed by atoms with van der Waals surface area (Å²) >= 11 is 0. The van der Waals surface area contributed by atoms with Gasteiger partial charge in [0.15, 0.2) is 0 Å². The van der Waals surface area contributed by atoms with Crippen molar-refractivity contribution in [3.8, 4) is 11.1 Å². The highest BCUT2D eigenvalue weighted by atomic mass is 19.4. The van der Waals surface area contributed by atoms with Crippen LogP contribution in [0.15, 0.2) is 54.7 Å². The van der Waals surface area contributed by atoms with Gasteiger partial charge in [-0.25, -0.2) is 18.0 Å². The van der Waals surface area contributed by atoms with E-state index in [1.165, 1.54) is 24.4 Å². The first kappa shape index (κ1) is 34.9. The number of pyridine rings is 1. The van der Waals surface area contributed by atoms with Gasteiger partial charge >= 0.3 is 12.3 Å². The molecule has 0 saturated heterocycles. The zero-order valence-corrected chi connectivity index (χ0v) is 26.4. The maximum absolute atomic E-state index is 14.4. The van der Waals surface area contributed by atoms with Crippen molar-refractivity contribution in [2.24, 2.45) is 5.73 Å². The van der Waals surface area contributed by atoms with Crippen LogP contribution < -0.4 is 11.1 Å². The summed E-state index contributed by atoms with van der Waals surface area (Å²) in [6.45, 7) is 2.87. The van der Waals surface area contributed by atoms with E-state index >= 15 is 0 Å². The zero-order chi connectivity index (χ0) is 35.8. The van der Waals surface area contributed by atoms with E-state index in [4.69, 9.17) is 10.5 Å². The van der Waals surface area contributed by atoms with Crippen LogP contribution in [0.3, 0.4) is 0 Å². The zero-order valence-electron chi connectivity index (χ0n) is 26.4. The molecule has 10 nitrogen and oxygen atoms in total. The van der Waals surface area contributed by atoms with E-state index in [9.17, 15) is 40.7 Å². The SMILES string of the molecule is CC(C)(C)OC(=O)N1Cc2nn(CC(=O)NCC(c3cc(F)cc(F)c3)c3ncccc3-c3ccc(F)c(C(N)=O)c3)c(C(F)(F)F)c2C1. The molecule has 3 N–H and O–H groups in total. The third-order valence-electron chi connectivity index (χ3n) is 7.54. The molecule has 16 heteroatoms. The van der Waals surface area contributed by atoms with Gasteiger partial charge in [0.1, 0.15) is 35.3 Å². The summed E-state index contributed by atoms with van der Waals surface area (Å²) in [5, 5.41) is 6.49. The molecule has 0 saturated carbocycles. The van der Waals surface area contributed by atoms with Crippen LogP contribution in [-0.2, 0) is 35.3 Å². The fraction of sp³-hybridized carbons (Fsp3) is 0.303. The van der Waals surface area contributed by atoms with E-state index in [0.717, 1.165) is 23.1 Å². The lowest BCUT2D eigenvalue weighted by Crippen LogP contribution is -2.35. The van der Waals surface area contributed by atoms with Gasteiger partial charge in [-0.1, -0.05) is 12.1 Å². The van der Waals surface area contributed by atoms with Crippen LogP contribution in [0.5, 0.6) is 0 Å². The number of benzene rings is 2. The Balaban J connectivity index is 1.43. The van der Waals surface area contributed by atoms with E-state index in [-0.39, 0.29) is 34.6 Å². The molecule has 49 heavy (non-hydrogen) atoms. The van der Waals surface area contributed by atoms with Crippen molar-refractivity contribution >= 4 is 17.9 Å². The number of hydrogen-bond donors (Lipinski definition) is 2. The minimum atomic E-state index is -4.94. The summed E-state index contributed by atoms with van der Waals surface area (Å²) < 4.78 is 91.6. The Kier molecular flexibility index (Phi) is 9.43. The van der Waals surface area contributed by atoms with E-state index in [1.54, 1.807) is 26.8 Å². The van der Waals surface area contributed by atoms with E-state index in [0.29, 0.717) is 16.3 Å². The standard InChI is InChI=1S/C33H30F6N6O4/c1-32(2,3)49-31(48)44-14-24-26(15-44)43-45(29(24)33(37,38)39)16-27(46)42-13-23(18-9-19(34)12-20(35)10-18)28-21(5-4-8-41-28)17-6-7-25(36)22(11-17)30(40)47/h4-12,23H,13-16H2,1-3H3,(H2,40,47)(H,42,46). The van der Waals surface area contributed by atoms with Gasteiger partial charge in [0.05, 0.1) is 30.0 Å².